The number of aliphatic carboxylic acids is 1. The van der Waals surface area contributed by atoms with E-state index in [9.17, 15) is 23.2 Å². The van der Waals surface area contributed by atoms with Crippen molar-refractivity contribution in [1.29, 1.82) is 5.26 Å². The average molecular weight is 690 g/mol. The van der Waals surface area contributed by atoms with Crippen molar-refractivity contribution in [2.45, 2.75) is 44.4 Å². The third-order valence-electron chi connectivity index (χ3n) is 7.50. The molecule has 2 aromatic heterocycles. The molecule has 2 N–H and O–H groups in total. The summed E-state index contributed by atoms with van der Waals surface area (Å²) in [5, 5.41) is 18.2. The average Bonchev–Trinajstić information content (AvgIpc) is 3.57. The molecule has 0 radical (unpaired) electrons. The van der Waals surface area contributed by atoms with E-state index in [1.165, 1.54) is 5.56 Å². The van der Waals surface area contributed by atoms with Crippen molar-refractivity contribution in [1.82, 2.24) is 30.2 Å². The van der Waals surface area contributed by atoms with Crippen LogP contribution in [0.1, 0.15) is 47.4 Å². The maximum absolute atomic E-state index is 13.4. The van der Waals surface area contributed by atoms with Gasteiger partial charge in [-0.25, -0.2) is 9.78 Å². The third-order valence-corrected chi connectivity index (χ3v) is 8.06. The number of piperazine rings is 1. The molecule has 1 saturated carbocycles. The summed E-state index contributed by atoms with van der Waals surface area (Å²) in [5.74, 6) is -2.49. The molecule has 238 valence electrons. The van der Waals surface area contributed by atoms with Gasteiger partial charge in [0, 0.05) is 56.9 Å². The normalized spacial score (nSPS) is 15.9. The van der Waals surface area contributed by atoms with E-state index in [1.54, 1.807) is 23.6 Å². The second-order valence-electron chi connectivity index (χ2n) is 10.8. The summed E-state index contributed by atoms with van der Waals surface area (Å²) in [6.45, 7) is 5.31. The quantitative estimate of drug-likeness (QED) is 0.338. The van der Waals surface area contributed by atoms with Crippen LogP contribution in [0.2, 0.25) is 0 Å². The lowest BCUT2D eigenvalue weighted by Gasteiger charge is -2.32. The van der Waals surface area contributed by atoms with Crippen molar-refractivity contribution in [2.24, 2.45) is 0 Å². The Kier molecular flexibility index (Phi) is 11.4. The van der Waals surface area contributed by atoms with Gasteiger partial charge in [0.2, 0.25) is 5.82 Å². The fraction of sp³-hybridized carbons (Fsp3) is 0.400. The van der Waals surface area contributed by atoms with E-state index < -0.39 is 12.1 Å². The number of amides is 1. The summed E-state index contributed by atoms with van der Waals surface area (Å²) in [6, 6.07) is 12.4. The van der Waals surface area contributed by atoms with Crippen molar-refractivity contribution in [3.05, 3.63) is 70.3 Å². The highest BCUT2D eigenvalue weighted by atomic mass is 79.9. The molecule has 15 heteroatoms. The van der Waals surface area contributed by atoms with Crippen LogP contribution in [-0.2, 0) is 11.3 Å². The number of carboxylic acids is 1. The Morgan fingerprint density at radius 2 is 1.73 bits per heavy atom. The molecule has 11 nitrogen and oxygen atoms in total. The van der Waals surface area contributed by atoms with Crippen molar-refractivity contribution >= 4 is 33.6 Å². The highest BCUT2D eigenvalue weighted by Crippen LogP contribution is 2.30. The summed E-state index contributed by atoms with van der Waals surface area (Å²) < 4.78 is 32.4. The first-order valence-electron chi connectivity index (χ1n) is 14.2. The number of aromatic nitrogens is 3. The maximum atomic E-state index is 13.4. The Morgan fingerprint density at radius 1 is 1.09 bits per heavy atom. The SMILES string of the molecule is CN1CCN(Cc2ccc(-c3cncc(C(=O)NN(c4nc(C#N)ncc4Br)C4CCCC4)c3)cc2)CC1.O=C(O)C(F)(F)F. The molecule has 3 aromatic rings. The molecule has 0 unspecified atom stereocenters. The van der Waals surface area contributed by atoms with Crippen molar-refractivity contribution in [3.63, 3.8) is 0 Å². The van der Waals surface area contributed by atoms with Crippen LogP contribution in [0.25, 0.3) is 11.1 Å². The van der Waals surface area contributed by atoms with Crippen LogP contribution < -0.4 is 10.4 Å². The minimum absolute atomic E-state index is 0.0557. The highest BCUT2D eigenvalue weighted by Gasteiger charge is 2.38. The predicted octanol–water partition coefficient (Wildman–Crippen LogP) is 4.65. The van der Waals surface area contributed by atoms with Crippen LogP contribution in [0.5, 0.6) is 0 Å². The second-order valence-corrected chi connectivity index (χ2v) is 11.6. The first-order valence-corrected chi connectivity index (χ1v) is 15.0. The van der Waals surface area contributed by atoms with E-state index in [2.05, 4.69) is 77.4 Å². The number of pyridine rings is 1. The molecular weight excluding hydrogens is 657 g/mol. The van der Waals surface area contributed by atoms with E-state index in [0.717, 1.165) is 69.5 Å². The lowest BCUT2D eigenvalue weighted by Crippen LogP contribution is -2.48. The number of anilines is 1. The number of rotatable bonds is 7. The van der Waals surface area contributed by atoms with E-state index >= 15 is 0 Å². The van der Waals surface area contributed by atoms with Gasteiger partial charge in [0.25, 0.3) is 5.91 Å². The van der Waals surface area contributed by atoms with Crippen molar-refractivity contribution in [2.75, 3.05) is 38.2 Å². The molecule has 5 rings (SSSR count). The smallest absolute Gasteiger partial charge is 0.475 e. The van der Waals surface area contributed by atoms with Gasteiger partial charge < -0.3 is 10.0 Å². The van der Waals surface area contributed by atoms with Crippen LogP contribution in [0, 0.1) is 11.3 Å². The summed E-state index contributed by atoms with van der Waals surface area (Å²) in [7, 11) is 2.17. The predicted molar refractivity (Wildman–Crippen MR) is 163 cm³/mol. The number of nitrogens with zero attached hydrogens (tertiary/aromatic N) is 7. The number of likely N-dealkylation sites (N-methyl/N-ethyl adjacent to an activating group) is 1. The summed E-state index contributed by atoms with van der Waals surface area (Å²) in [6.07, 6.45) is 3.82. The molecule has 0 atom stereocenters. The van der Waals surface area contributed by atoms with Gasteiger partial charge in [-0.1, -0.05) is 37.1 Å². The molecule has 2 fully saturated rings. The largest absolute Gasteiger partial charge is 0.490 e. The van der Waals surface area contributed by atoms with Crippen LogP contribution in [0.3, 0.4) is 0 Å². The van der Waals surface area contributed by atoms with Crippen molar-refractivity contribution < 1.29 is 27.9 Å². The number of nitriles is 1. The molecule has 1 aliphatic heterocycles. The lowest BCUT2D eigenvalue weighted by molar-refractivity contribution is -0.192. The number of alkyl halides is 3. The lowest BCUT2D eigenvalue weighted by atomic mass is 10.0. The van der Waals surface area contributed by atoms with Gasteiger partial charge in [0.05, 0.1) is 16.1 Å². The Hall–Kier alpha value is -4.13. The first kappa shape index (κ1) is 33.8. The molecule has 2 aliphatic rings. The number of benzene rings is 1. The Labute approximate surface area is 266 Å². The van der Waals surface area contributed by atoms with E-state index in [4.69, 9.17) is 9.90 Å². The molecule has 1 aliphatic carbocycles. The number of hydrazine groups is 1. The van der Waals surface area contributed by atoms with Crippen molar-refractivity contribution in [3.8, 4) is 17.2 Å². The molecule has 0 spiro atoms. The van der Waals surface area contributed by atoms with Crippen LogP contribution in [-0.4, -0.2) is 87.2 Å². The van der Waals surface area contributed by atoms with Gasteiger partial charge in [0.1, 0.15) is 6.07 Å². The van der Waals surface area contributed by atoms with Gasteiger partial charge in [-0.15, -0.1) is 0 Å². The van der Waals surface area contributed by atoms with Gasteiger partial charge in [-0.2, -0.15) is 23.4 Å². The fourth-order valence-corrected chi connectivity index (χ4v) is 5.41. The number of carboxylic acid groups (broad SMARTS) is 1. The highest BCUT2D eigenvalue weighted by molar-refractivity contribution is 9.10. The minimum atomic E-state index is -5.08. The van der Waals surface area contributed by atoms with E-state index in [-0.39, 0.29) is 17.8 Å². The van der Waals surface area contributed by atoms with E-state index in [0.29, 0.717) is 15.9 Å². The zero-order valence-corrected chi connectivity index (χ0v) is 26.1. The molecule has 1 amide bonds. The number of carbonyl (C=O) groups is 2. The molecular formula is C30H32BrF3N8O3. The Morgan fingerprint density at radius 3 is 2.33 bits per heavy atom. The zero-order chi connectivity index (χ0) is 32.6. The van der Waals surface area contributed by atoms with Gasteiger partial charge in [0.15, 0.2) is 5.82 Å². The van der Waals surface area contributed by atoms with Crippen LogP contribution in [0.4, 0.5) is 19.0 Å². The second kappa shape index (κ2) is 15.2. The zero-order valence-electron chi connectivity index (χ0n) is 24.5. The van der Waals surface area contributed by atoms with Crippen LogP contribution >= 0.6 is 15.9 Å². The summed E-state index contributed by atoms with van der Waals surface area (Å²) in [4.78, 5) is 39.9. The molecule has 1 saturated heterocycles. The molecule has 0 bridgehead atoms. The fourth-order valence-electron chi connectivity index (χ4n) is 5.02. The van der Waals surface area contributed by atoms with Gasteiger partial charge in [-0.05, 0) is 53.0 Å². The number of hydrogen-bond acceptors (Lipinski definition) is 9. The minimum Gasteiger partial charge on any atom is -0.475 e. The number of carbonyl (C=O) groups excluding carboxylic acids is 1. The van der Waals surface area contributed by atoms with E-state index in [1.807, 2.05) is 12.1 Å². The standard InChI is InChI=1S/C28H31BrN8O.C2HF3O2/c1-35-10-12-36(13-11-35)19-20-6-8-21(9-7-20)22-14-23(17-31-16-22)28(38)34-37(24-4-2-3-5-24)27-25(29)18-32-26(15-30)33-27;3-2(4,5)1(6)7/h6-9,14,16-18,24H,2-5,10-13,19H2,1H3,(H,34,38);(H,6,7). The Bertz CT molecular complexity index is 1520. The number of halogens is 4. The van der Waals surface area contributed by atoms with Crippen LogP contribution in [0.15, 0.2) is 53.4 Å². The first-order chi connectivity index (χ1) is 21.4. The van der Waals surface area contributed by atoms with Gasteiger partial charge in [-0.3, -0.25) is 25.1 Å². The third kappa shape index (κ3) is 9.43. The molecule has 45 heavy (non-hydrogen) atoms. The maximum Gasteiger partial charge on any atom is 0.490 e. The topological polar surface area (TPSA) is 139 Å². The van der Waals surface area contributed by atoms with Gasteiger partial charge >= 0.3 is 12.1 Å². The summed E-state index contributed by atoms with van der Waals surface area (Å²) >= 11 is 3.49. The number of hydrogen-bond donors (Lipinski definition) is 2. The molecule has 3 heterocycles. The monoisotopic (exact) mass is 688 g/mol. The number of nitrogens with one attached hydrogen (secondary N) is 1. The summed E-state index contributed by atoms with van der Waals surface area (Å²) in [5.41, 5.74) is 6.66. The Balaban J connectivity index is 0.000000591. The molecule has 1 aromatic carbocycles.